The van der Waals surface area contributed by atoms with Gasteiger partial charge in [-0.1, -0.05) is 13.8 Å². The van der Waals surface area contributed by atoms with Crippen LogP contribution in [0.1, 0.15) is 43.9 Å². The number of aryl methyl sites for hydroxylation is 1. The molecular weight excluding hydrogens is 198 g/mol. The first-order chi connectivity index (χ1) is 7.74. The van der Waals surface area contributed by atoms with Crippen molar-refractivity contribution in [2.75, 3.05) is 5.73 Å². The molecule has 1 saturated carbocycles. The van der Waals surface area contributed by atoms with Crippen LogP contribution in [-0.2, 0) is 0 Å². The second-order valence-electron chi connectivity index (χ2n) is 4.18. The molecule has 86 valence electrons. The summed E-state index contributed by atoms with van der Waals surface area (Å²) in [7, 11) is 0. The second-order valence-corrected chi connectivity index (χ2v) is 4.18. The van der Waals surface area contributed by atoms with Crippen LogP contribution in [0.2, 0.25) is 0 Å². The van der Waals surface area contributed by atoms with Crippen molar-refractivity contribution >= 4 is 16.7 Å². The molecule has 0 spiro atoms. The minimum Gasteiger partial charge on any atom is -0.461 e. The van der Waals surface area contributed by atoms with Crippen LogP contribution in [-0.4, -0.2) is 0 Å². The zero-order valence-electron chi connectivity index (χ0n) is 10.2. The van der Waals surface area contributed by atoms with Crippen LogP contribution >= 0.6 is 0 Å². The monoisotopic (exact) mass is 217 g/mol. The van der Waals surface area contributed by atoms with Crippen LogP contribution in [0.5, 0.6) is 0 Å². The van der Waals surface area contributed by atoms with Crippen LogP contribution in [0.4, 0.5) is 5.69 Å². The van der Waals surface area contributed by atoms with Gasteiger partial charge in [-0.15, -0.1) is 0 Å². The molecule has 2 heteroatoms. The van der Waals surface area contributed by atoms with Gasteiger partial charge in [-0.2, -0.15) is 0 Å². The normalized spacial score (nSPS) is 14.7. The van der Waals surface area contributed by atoms with E-state index in [1.165, 1.54) is 12.8 Å². The molecule has 1 aromatic heterocycles. The molecule has 3 rings (SSSR count). The molecule has 1 aromatic carbocycles. The van der Waals surface area contributed by atoms with Crippen molar-refractivity contribution in [3.8, 4) is 0 Å². The van der Waals surface area contributed by atoms with E-state index in [0.717, 1.165) is 28.0 Å². The van der Waals surface area contributed by atoms with E-state index in [1.807, 2.05) is 32.9 Å². The van der Waals surface area contributed by atoms with Crippen molar-refractivity contribution < 1.29 is 4.42 Å². The zero-order valence-corrected chi connectivity index (χ0v) is 10.2. The van der Waals surface area contributed by atoms with Crippen LogP contribution in [0.25, 0.3) is 11.0 Å². The van der Waals surface area contributed by atoms with Crippen molar-refractivity contribution in [1.82, 2.24) is 0 Å². The maximum Gasteiger partial charge on any atom is 0.137 e. The lowest BCUT2D eigenvalue weighted by atomic mass is 10.1. The number of benzene rings is 1. The molecule has 0 saturated heterocycles. The third kappa shape index (κ3) is 1.92. The van der Waals surface area contributed by atoms with Gasteiger partial charge >= 0.3 is 0 Å². The first-order valence-electron chi connectivity index (χ1n) is 6.03. The largest absolute Gasteiger partial charge is 0.461 e. The van der Waals surface area contributed by atoms with Gasteiger partial charge in [0.15, 0.2) is 0 Å². The van der Waals surface area contributed by atoms with Gasteiger partial charge < -0.3 is 10.2 Å². The summed E-state index contributed by atoms with van der Waals surface area (Å²) < 4.78 is 5.82. The Morgan fingerprint density at radius 3 is 2.50 bits per heavy atom. The molecule has 0 aliphatic heterocycles. The molecule has 16 heavy (non-hydrogen) atoms. The summed E-state index contributed by atoms with van der Waals surface area (Å²) in [5.41, 5.74) is 8.73. The number of nitrogens with two attached hydrogens (primary N) is 1. The summed E-state index contributed by atoms with van der Waals surface area (Å²) in [6, 6.07) is 6.08. The van der Waals surface area contributed by atoms with Crippen LogP contribution in [0.3, 0.4) is 0 Å². The highest BCUT2D eigenvalue weighted by Crippen LogP contribution is 2.42. The average molecular weight is 217 g/mol. The second kappa shape index (κ2) is 4.20. The van der Waals surface area contributed by atoms with E-state index < -0.39 is 0 Å². The van der Waals surface area contributed by atoms with Crippen LogP contribution in [0.15, 0.2) is 22.6 Å². The van der Waals surface area contributed by atoms with Crippen molar-refractivity contribution in [2.24, 2.45) is 0 Å². The molecule has 1 aliphatic carbocycles. The van der Waals surface area contributed by atoms with Crippen molar-refractivity contribution in [1.29, 1.82) is 0 Å². The Hall–Kier alpha value is -1.44. The Kier molecular flexibility index (Phi) is 2.90. The Labute approximate surface area is 96.4 Å². The van der Waals surface area contributed by atoms with Gasteiger partial charge in [0.1, 0.15) is 11.3 Å². The number of nitrogen functional groups attached to an aromatic ring is 1. The predicted molar refractivity (Wildman–Crippen MR) is 68.7 cm³/mol. The van der Waals surface area contributed by atoms with Gasteiger partial charge in [0, 0.05) is 17.0 Å². The molecule has 2 aromatic rings. The molecule has 1 aliphatic rings. The number of hydrogen-bond acceptors (Lipinski definition) is 2. The highest BCUT2D eigenvalue weighted by Gasteiger charge is 2.27. The van der Waals surface area contributed by atoms with E-state index >= 15 is 0 Å². The average Bonchev–Trinajstić information content (AvgIpc) is 3.02. The summed E-state index contributed by atoms with van der Waals surface area (Å²) in [6.07, 6.45) is 2.54. The molecule has 1 heterocycles. The number of furan rings is 1. The van der Waals surface area contributed by atoms with E-state index in [9.17, 15) is 0 Å². The Balaban J connectivity index is 0.000000457. The van der Waals surface area contributed by atoms with E-state index in [4.69, 9.17) is 10.2 Å². The summed E-state index contributed by atoms with van der Waals surface area (Å²) in [5, 5.41) is 1.14. The third-order valence-corrected chi connectivity index (χ3v) is 2.82. The number of anilines is 1. The molecule has 0 radical (unpaired) electrons. The van der Waals surface area contributed by atoms with Gasteiger partial charge in [-0.25, -0.2) is 0 Å². The van der Waals surface area contributed by atoms with Crippen molar-refractivity contribution in [3.63, 3.8) is 0 Å². The quantitative estimate of drug-likeness (QED) is 0.726. The van der Waals surface area contributed by atoms with Gasteiger partial charge in [-0.3, -0.25) is 0 Å². The van der Waals surface area contributed by atoms with Crippen LogP contribution < -0.4 is 5.73 Å². The molecule has 0 amide bonds. The van der Waals surface area contributed by atoms with E-state index in [-0.39, 0.29) is 0 Å². The van der Waals surface area contributed by atoms with Gasteiger partial charge in [0.25, 0.3) is 0 Å². The molecule has 1 fully saturated rings. The molecule has 2 nitrogen and oxygen atoms in total. The van der Waals surface area contributed by atoms with Crippen molar-refractivity contribution in [3.05, 3.63) is 29.5 Å². The molecule has 0 bridgehead atoms. The fraction of sp³-hybridized carbons (Fsp3) is 0.429. The fourth-order valence-electron chi connectivity index (χ4n) is 1.95. The summed E-state index contributed by atoms with van der Waals surface area (Å²) in [4.78, 5) is 0. The van der Waals surface area contributed by atoms with E-state index in [0.29, 0.717) is 5.92 Å². The zero-order chi connectivity index (χ0) is 11.7. The van der Waals surface area contributed by atoms with Gasteiger partial charge in [0.2, 0.25) is 0 Å². The van der Waals surface area contributed by atoms with Gasteiger partial charge in [0.05, 0.1) is 0 Å². The lowest BCUT2D eigenvalue weighted by Gasteiger charge is -1.96. The Morgan fingerprint density at radius 1 is 1.19 bits per heavy atom. The standard InChI is InChI=1S/C12H13NO.C2H6/c1-7-4-10(13)5-9-6-11(8-2-3-8)14-12(7)9;1-2/h4-6,8H,2-3,13H2,1H3;1-2H3. The lowest BCUT2D eigenvalue weighted by Crippen LogP contribution is -1.84. The maximum atomic E-state index is 5.82. The minimum atomic E-state index is 0.669. The fourth-order valence-corrected chi connectivity index (χ4v) is 1.95. The number of hydrogen-bond donors (Lipinski definition) is 1. The Bertz CT molecular complexity index is 495. The topological polar surface area (TPSA) is 39.2 Å². The lowest BCUT2D eigenvalue weighted by molar-refractivity contribution is 0.550. The van der Waals surface area contributed by atoms with E-state index in [1.54, 1.807) is 0 Å². The maximum absolute atomic E-state index is 5.82. The SMILES string of the molecule is CC.Cc1cc(N)cc2cc(C3CC3)oc12. The van der Waals surface area contributed by atoms with Gasteiger partial charge in [-0.05, 0) is 43.5 Å². The smallest absolute Gasteiger partial charge is 0.137 e. The highest BCUT2D eigenvalue weighted by molar-refractivity contribution is 5.84. The summed E-state index contributed by atoms with van der Waals surface area (Å²) in [5.74, 6) is 1.80. The number of rotatable bonds is 1. The molecule has 0 unspecified atom stereocenters. The van der Waals surface area contributed by atoms with E-state index in [2.05, 4.69) is 6.07 Å². The summed E-state index contributed by atoms with van der Waals surface area (Å²) in [6.45, 7) is 6.04. The minimum absolute atomic E-state index is 0.669. The molecule has 2 N–H and O–H groups in total. The first kappa shape index (κ1) is 11.1. The third-order valence-electron chi connectivity index (χ3n) is 2.82. The molecule has 0 atom stereocenters. The highest BCUT2D eigenvalue weighted by atomic mass is 16.3. The summed E-state index contributed by atoms with van der Waals surface area (Å²) >= 11 is 0. The van der Waals surface area contributed by atoms with Crippen LogP contribution in [0, 0.1) is 6.92 Å². The Morgan fingerprint density at radius 2 is 1.88 bits per heavy atom. The number of fused-ring (bicyclic) bond motifs is 1. The van der Waals surface area contributed by atoms with Crippen molar-refractivity contribution in [2.45, 2.75) is 39.5 Å². The predicted octanol–water partition coefficient (Wildman–Crippen LogP) is 4.23. The first-order valence-corrected chi connectivity index (χ1v) is 6.03. The molecular formula is C14H19NO.